The lowest BCUT2D eigenvalue weighted by atomic mass is 9.75. The Morgan fingerprint density at radius 3 is 2.39 bits per heavy atom. The number of nitrogens with zero attached hydrogens (tertiary/aromatic N) is 2. The van der Waals surface area contributed by atoms with E-state index in [9.17, 15) is 0 Å². The minimum atomic E-state index is 0.291. The van der Waals surface area contributed by atoms with E-state index in [2.05, 4.69) is 96.7 Å². The highest BCUT2D eigenvalue weighted by Gasteiger charge is 2.37. The summed E-state index contributed by atoms with van der Waals surface area (Å²) in [5.41, 5.74) is 4.47. The van der Waals surface area contributed by atoms with E-state index in [0.717, 1.165) is 13.0 Å². The van der Waals surface area contributed by atoms with Crippen molar-refractivity contribution in [1.82, 2.24) is 14.8 Å². The van der Waals surface area contributed by atoms with Crippen LogP contribution in [0.3, 0.4) is 0 Å². The van der Waals surface area contributed by atoms with Gasteiger partial charge in [0.15, 0.2) is 0 Å². The van der Waals surface area contributed by atoms with E-state index in [1.165, 1.54) is 47.7 Å². The molecule has 28 heavy (non-hydrogen) atoms. The van der Waals surface area contributed by atoms with Gasteiger partial charge in [-0.05, 0) is 63.4 Å². The maximum atomic E-state index is 3.85. The SMILES string of the molecule is CN(C)C1(Cc2ccccc2)CCC(NCc2cn(C)c3ccccc23)CC1. The van der Waals surface area contributed by atoms with Crippen LogP contribution in [0.15, 0.2) is 60.8 Å². The first-order valence-corrected chi connectivity index (χ1v) is 10.6. The molecule has 0 atom stereocenters. The quantitative estimate of drug-likeness (QED) is 0.671. The summed E-state index contributed by atoms with van der Waals surface area (Å²) in [7, 11) is 6.65. The number of hydrogen-bond donors (Lipinski definition) is 1. The molecule has 0 amide bonds. The summed E-state index contributed by atoms with van der Waals surface area (Å²) in [6, 6.07) is 20.3. The fourth-order valence-corrected chi connectivity index (χ4v) is 4.94. The molecule has 3 heteroatoms. The van der Waals surface area contributed by atoms with Crippen molar-refractivity contribution in [1.29, 1.82) is 0 Å². The molecule has 2 aromatic carbocycles. The molecule has 0 saturated heterocycles. The zero-order valence-corrected chi connectivity index (χ0v) is 17.5. The van der Waals surface area contributed by atoms with E-state index in [1.807, 2.05) is 0 Å². The molecule has 148 valence electrons. The van der Waals surface area contributed by atoms with Gasteiger partial charge in [-0.2, -0.15) is 0 Å². The van der Waals surface area contributed by atoms with Crippen molar-refractivity contribution in [3.05, 3.63) is 71.9 Å². The normalized spacial score (nSPS) is 22.8. The molecule has 3 nitrogen and oxygen atoms in total. The number of fused-ring (bicyclic) bond motifs is 1. The van der Waals surface area contributed by atoms with Gasteiger partial charge in [-0.3, -0.25) is 0 Å². The summed E-state index contributed by atoms with van der Waals surface area (Å²) in [6.07, 6.45) is 8.42. The Bertz CT molecular complexity index is 902. The molecule has 1 aliphatic rings. The lowest BCUT2D eigenvalue weighted by Crippen LogP contribution is -2.51. The van der Waals surface area contributed by atoms with Crippen molar-refractivity contribution in [2.45, 2.75) is 50.2 Å². The fraction of sp³-hybridized carbons (Fsp3) is 0.440. The molecule has 1 saturated carbocycles. The van der Waals surface area contributed by atoms with Crippen LogP contribution < -0.4 is 5.32 Å². The van der Waals surface area contributed by atoms with Crippen LogP contribution in [-0.4, -0.2) is 35.1 Å². The number of rotatable bonds is 6. The van der Waals surface area contributed by atoms with Crippen LogP contribution in [0.2, 0.25) is 0 Å². The predicted molar refractivity (Wildman–Crippen MR) is 119 cm³/mol. The van der Waals surface area contributed by atoms with Crippen LogP contribution in [0.5, 0.6) is 0 Å². The lowest BCUT2D eigenvalue weighted by Gasteiger charge is -2.45. The van der Waals surface area contributed by atoms with Gasteiger partial charge in [0.1, 0.15) is 0 Å². The third-order valence-electron chi connectivity index (χ3n) is 6.80. The van der Waals surface area contributed by atoms with E-state index >= 15 is 0 Å². The number of likely N-dealkylation sites (N-methyl/N-ethyl adjacent to an activating group) is 1. The summed E-state index contributed by atoms with van der Waals surface area (Å²) in [6.45, 7) is 0.958. The predicted octanol–water partition coefficient (Wildman–Crippen LogP) is 4.75. The standard InChI is InChI=1S/C25H33N3/c1-27(2)25(17-20-9-5-4-6-10-20)15-13-22(14-16-25)26-18-21-19-28(3)24-12-8-7-11-23(21)24/h4-12,19,22,26H,13-18H2,1-3H3. The van der Waals surface area contributed by atoms with Crippen LogP contribution in [0.1, 0.15) is 36.8 Å². The van der Waals surface area contributed by atoms with Crippen molar-refractivity contribution in [3.8, 4) is 0 Å². The van der Waals surface area contributed by atoms with Gasteiger partial charge >= 0.3 is 0 Å². The van der Waals surface area contributed by atoms with Crippen LogP contribution in [0.25, 0.3) is 10.9 Å². The number of nitrogens with one attached hydrogen (secondary N) is 1. The molecule has 0 bridgehead atoms. The molecule has 0 aliphatic heterocycles. The minimum Gasteiger partial charge on any atom is -0.350 e. The zero-order chi connectivity index (χ0) is 19.6. The molecular formula is C25H33N3. The molecule has 1 N–H and O–H groups in total. The largest absolute Gasteiger partial charge is 0.350 e. The van der Waals surface area contributed by atoms with Crippen molar-refractivity contribution >= 4 is 10.9 Å². The Morgan fingerprint density at radius 2 is 1.68 bits per heavy atom. The second-order valence-corrected chi connectivity index (χ2v) is 8.72. The highest BCUT2D eigenvalue weighted by atomic mass is 15.1. The monoisotopic (exact) mass is 375 g/mol. The Morgan fingerprint density at radius 1 is 1.00 bits per heavy atom. The maximum absolute atomic E-state index is 3.85. The van der Waals surface area contributed by atoms with Gasteiger partial charge in [0, 0.05) is 42.3 Å². The molecule has 3 aromatic rings. The topological polar surface area (TPSA) is 20.2 Å². The smallest absolute Gasteiger partial charge is 0.0481 e. The summed E-state index contributed by atoms with van der Waals surface area (Å²) in [5.74, 6) is 0. The van der Waals surface area contributed by atoms with Crippen molar-refractivity contribution < 1.29 is 0 Å². The van der Waals surface area contributed by atoms with E-state index in [-0.39, 0.29) is 0 Å². The molecule has 1 aliphatic carbocycles. The molecule has 1 fully saturated rings. The molecule has 0 spiro atoms. The molecule has 1 aromatic heterocycles. The first-order valence-electron chi connectivity index (χ1n) is 10.6. The number of aromatic nitrogens is 1. The Labute approximate surface area is 169 Å². The van der Waals surface area contributed by atoms with Gasteiger partial charge in [0.25, 0.3) is 0 Å². The summed E-state index contributed by atoms with van der Waals surface area (Å²) >= 11 is 0. The molecule has 1 heterocycles. The molecular weight excluding hydrogens is 342 g/mol. The Kier molecular flexibility index (Phi) is 5.56. The van der Waals surface area contributed by atoms with Crippen LogP contribution in [0, 0.1) is 0 Å². The number of hydrogen-bond acceptors (Lipinski definition) is 2. The summed E-state index contributed by atoms with van der Waals surface area (Å²) < 4.78 is 2.24. The maximum Gasteiger partial charge on any atom is 0.0481 e. The molecule has 4 rings (SSSR count). The lowest BCUT2D eigenvalue weighted by molar-refractivity contribution is 0.0871. The third-order valence-corrected chi connectivity index (χ3v) is 6.80. The van der Waals surface area contributed by atoms with Gasteiger partial charge in [-0.25, -0.2) is 0 Å². The first-order chi connectivity index (χ1) is 13.6. The van der Waals surface area contributed by atoms with E-state index < -0.39 is 0 Å². The Hall–Kier alpha value is -2.10. The van der Waals surface area contributed by atoms with Crippen molar-refractivity contribution in [2.24, 2.45) is 7.05 Å². The molecule has 0 unspecified atom stereocenters. The van der Waals surface area contributed by atoms with Gasteiger partial charge in [-0.1, -0.05) is 48.5 Å². The first kappa shape index (κ1) is 19.2. The van der Waals surface area contributed by atoms with E-state index in [1.54, 1.807) is 0 Å². The highest BCUT2D eigenvalue weighted by Crippen LogP contribution is 2.35. The van der Waals surface area contributed by atoms with Gasteiger partial charge < -0.3 is 14.8 Å². The second kappa shape index (κ2) is 8.10. The summed E-state index contributed by atoms with van der Waals surface area (Å²) in [5, 5.41) is 5.23. The van der Waals surface area contributed by atoms with Crippen molar-refractivity contribution in [3.63, 3.8) is 0 Å². The van der Waals surface area contributed by atoms with Gasteiger partial charge in [0.05, 0.1) is 0 Å². The van der Waals surface area contributed by atoms with Gasteiger partial charge in [-0.15, -0.1) is 0 Å². The average Bonchev–Trinajstić information content (AvgIpc) is 3.04. The number of aryl methyl sites for hydroxylation is 1. The van der Waals surface area contributed by atoms with Crippen LogP contribution >= 0.6 is 0 Å². The third kappa shape index (κ3) is 3.87. The highest BCUT2D eigenvalue weighted by molar-refractivity contribution is 5.83. The average molecular weight is 376 g/mol. The van der Waals surface area contributed by atoms with Crippen LogP contribution in [-0.2, 0) is 20.0 Å². The Balaban J connectivity index is 1.39. The van der Waals surface area contributed by atoms with E-state index in [4.69, 9.17) is 0 Å². The van der Waals surface area contributed by atoms with Crippen LogP contribution in [0.4, 0.5) is 0 Å². The van der Waals surface area contributed by atoms with E-state index in [0.29, 0.717) is 11.6 Å². The summed E-state index contributed by atoms with van der Waals surface area (Å²) in [4.78, 5) is 2.47. The second-order valence-electron chi connectivity index (χ2n) is 8.72. The number of benzene rings is 2. The fourth-order valence-electron chi connectivity index (χ4n) is 4.94. The zero-order valence-electron chi connectivity index (χ0n) is 17.5. The minimum absolute atomic E-state index is 0.291. The molecule has 0 radical (unpaired) electrons. The van der Waals surface area contributed by atoms with Gasteiger partial charge in [0.2, 0.25) is 0 Å². The number of para-hydroxylation sites is 1. The van der Waals surface area contributed by atoms with Crippen molar-refractivity contribution in [2.75, 3.05) is 14.1 Å².